The first kappa shape index (κ1) is 15.0. The number of aliphatic imine (C=N–C) groups is 1. The van der Waals surface area contributed by atoms with Crippen molar-refractivity contribution in [2.45, 2.75) is 44.0 Å². The van der Waals surface area contributed by atoms with Gasteiger partial charge in [0.2, 0.25) is 0 Å². The van der Waals surface area contributed by atoms with Gasteiger partial charge in [-0.25, -0.2) is 0 Å². The molecule has 3 atom stereocenters. The van der Waals surface area contributed by atoms with E-state index < -0.39 is 0 Å². The van der Waals surface area contributed by atoms with Gasteiger partial charge in [0.25, 0.3) is 0 Å². The second kappa shape index (κ2) is 6.84. The summed E-state index contributed by atoms with van der Waals surface area (Å²) >= 11 is 1.88. The van der Waals surface area contributed by atoms with Crippen molar-refractivity contribution >= 4 is 17.7 Å². The zero-order valence-corrected chi connectivity index (χ0v) is 13.5. The predicted octanol–water partition coefficient (Wildman–Crippen LogP) is 1.39. The highest BCUT2D eigenvalue weighted by atomic mass is 32.2. The van der Waals surface area contributed by atoms with Crippen LogP contribution in [-0.2, 0) is 0 Å². The summed E-state index contributed by atoms with van der Waals surface area (Å²) in [5, 5.41) is 7.64. The molecule has 0 radical (unpaired) electrons. The van der Waals surface area contributed by atoms with Crippen molar-refractivity contribution in [3.05, 3.63) is 0 Å². The van der Waals surface area contributed by atoms with Crippen molar-refractivity contribution < 1.29 is 0 Å². The molecule has 2 N–H and O–H groups in total. The Morgan fingerprint density at radius 2 is 2.16 bits per heavy atom. The van der Waals surface area contributed by atoms with E-state index in [1.807, 2.05) is 18.8 Å². The van der Waals surface area contributed by atoms with Gasteiger partial charge in [-0.3, -0.25) is 9.89 Å². The average molecular weight is 284 g/mol. The minimum absolute atomic E-state index is 0.538. The van der Waals surface area contributed by atoms with E-state index in [9.17, 15) is 0 Å². The molecule has 0 amide bonds. The molecule has 5 heteroatoms. The van der Waals surface area contributed by atoms with Gasteiger partial charge >= 0.3 is 0 Å². The van der Waals surface area contributed by atoms with Crippen LogP contribution >= 0.6 is 11.8 Å². The number of hydrogen-bond donors (Lipinski definition) is 2. The molecule has 0 bridgehead atoms. The van der Waals surface area contributed by atoms with Crippen LogP contribution < -0.4 is 10.6 Å². The van der Waals surface area contributed by atoms with E-state index in [1.54, 1.807) is 0 Å². The molecule has 1 heterocycles. The van der Waals surface area contributed by atoms with Gasteiger partial charge in [-0.1, -0.05) is 13.8 Å². The van der Waals surface area contributed by atoms with Gasteiger partial charge in [0.1, 0.15) is 0 Å². The van der Waals surface area contributed by atoms with Crippen LogP contribution in [0.15, 0.2) is 4.99 Å². The Hall–Kier alpha value is -0.420. The topological polar surface area (TPSA) is 39.7 Å². The van der Waals surface area contributed by atoms with Gasteiger partial charge in [-0.15, -0.1) is 0 Å². The zero-order chi connectivity index (χ0) is 13.8. The van der Waals surface area contributed by atoms with Gasteiger partial charge in [0, 0.05) is 44.0 Å². The third kappa shape index (κ3) is 4.28. The van der Waals surface area contributed by atoms with E-state index in [4.69, 9.17) is 0 Å². The van der Waals surface area contributed by atoms with Crippen molar-refractivity contribution in [1.29, 1.82) is 0 Å². The summed E-state index contributed by atoms with van der Waals surface area (Å²) in [5.74, 6) is 1.66. The maximum atomic E-state index is 4.34. The zero-order valence-electron chi connectivity index (χ0n) is 12.6. The normalized spacial score (nSPS) is 30.4. The van der Waals surface area contributed by atoms with E-state index in [0.717, 1.165) is 18.5 Å². The fourth-order valence-electron chi connectivity index (χ4n) is 2.62. The molecule has 2 rings (SSSR count). The Bertz CT molecular complexity index is 317. The van der Waals surface area contributed by atoms with Crippen LogP contribution in [0, 0.1) is 5.92 Å². The lowest BCUT2D eigenvalue weighted by Gasteiger charge is -2.21. The smallest absolute Gasteiger partial charge is 0.191 e. The Balaban J connectivity index is 1.78. The molecule has 1 saturated carbocycles. The van der Waals surface area contributed by atoms with Crippen LogP contribution in [0.3, 0.4) is 0 Å². The lowest BCUT2D eigenvalue weighted by atomic mass is 10.1. The number of nitrogens with one attached hydrogen (secondary N) is 2. The molecule has 4 nitrogen and oxygen atoms in total. The molecule has 2 fully saturated rings. The highest BCUT2D eigenvalue weighted by Crippen LogP contribution is 2.31. The fourth-order valence-corrected chi connectivity index (χ4v) is 2.87. The third-order valence-corrected chi connectivity index (χ3v) is 5.18. The molecule has 1 saturated heterocycles. The quantitative estimate of drug-likeness (QED) is 0.591. The summed E-state index contributed by atoms with van der Waals surface area (Å²) in [6, 6.07) is 1.41. The van der Waals surface area contributed by atoms with Crippen LogP contribution in [0.5, 0.6) is 0 Å². The molecule has 0 aromatic rings. The Morgan fingerprint density at radius 3 is 2.74 bits per heavy atom. The Kier molecular flexibility index (Phi) is 5.39. The second-order valence-electron chi connectivity index (χ2n) is 5.91. The molecule has 1 aliphatic carbocycles. The molecular formula is C14H28N4S. The summed E-state index contributed by atoms with van der Waals surface area (Å²) < 4.78 is 0. The minimum Gasteiger partial charge on any atom is -0.355 e. The first-order valence-electron chi connectivity index (χ1n) is 7.38. The third-order valence-electron chi connectivity index (χ3n) is 4.21. The molecule has 0 aromatic heterocycles. The largest absolute Gasteiger partial charge is 0.355 e. The summed E-state index contributed by atoms with van der Waals surface area (Å²) in [4.78, 5) is 6.98. The van der Waals surface area contributed by atoms with Gasteiger partial charge < -0.3 is 10.6 Å². The lowest BCUT2D eigenvalue weighted by molar-refractivity contribution is 0.315. The molecule has 19 heavy (non-hydrogen) atoms. The molecule has 1 aliphatic heterocycles. The van der Waals surface area contributed by atoms with Crippen LogP contribution in [0.1, 0.15) is 26.7 Å². The van der Waals surface area contributed by atoms with Gasteiger partial charge in [-0.2, -0.15) is 11.8 Å². The van der Waals surface area contributed by atoms with Gasteiger partial charge in [0.05, 0.1) is 0 Å². The van der Waals surface area contributed by atoms with Crippen molar-refractivity contribution in [2.24, 2.45) is 10.9 Å². The van der Waals surface area contributed by atoms with Crippen LogP contribution in [0.2, 0.25) is 0 Å². The molecular weight excluding hydrogens is 256 g/mol. The van der Waals surface area contributed by atoms with Crippen molar-refractivity contribution in [3.63, 3.8) is 0 Å². The van der Waals surface area contributed by atoms with E-state index >= 15 is 0 Å². The predicted molar refractivity (Wildman–Crippen MR) is 85.0 cm³/mol. The molecule has 2 aliphatic rings. The maximum absolute atomic E-state index is 4.34. The van der Waals surface area contributed by atoms with Crippen molar-refractivity contribution in [2.75, 3.05) is 32.9 Å². The number of thioether (sulfide) groups is 1. The summed E-state index contributed by atoms with van der Waals surface area (Å²) in [6.45, 7) is 7.95. The van der Waals surface area contributed by atoms with Crippen LogP contribution in [-0.4, -0.2) is 61.1 Å². The molecule has 110 valence electrons. The SMILES string of the molecule is CN=C(NCC(C)SC)NC1CN(C2CC2)CC1C. The monoisotopic (exact) mass is 284 g/mol. The van der Waals surface area contributed by atoms with Crippen molar-refractivity contribution in [1.82, 2.24) is 15.5 Å². The van der Waals surface area contributed by atoms with Crippen molar-refractivity contribution in [3.8, 4) is 0 Å². The fraction of sp³-hybridized carbons (Fsp3) is 0.929. The van der Waals surface area contributed by atoms with E-state index in [2.05, 4.69) is 40.6 Å². The number of nitrogens with zero attached hydrogens (tertiary/aromatic N) is 2. The molecule has 0 aromatic carbocycles. The summed E-state index contributed by atoms with van der Waals surface area (Å²) in [6.07, 6.45) is 4.95. The molecule has 3 unspecified atom stereocenters. The number of rotatable bonds is 5. The summed E-state index contributed by atoms with van der Waals surface area (Å²) in [7, 11) is 1.86. The standard InChI is InChI=1S/C14H28N4S/c1-10-8-18(12-5-6-12)9-13(10)17-14(15-3)16-7-11(2)19-4/h10-13H,5-9H2,1-4H3,(H2,15,16,17). The van der Waals surface area contributed by atoms with Crippen LogP contribution in [0.4, 0.5) is 0 Å². The van der Waals surface area contributed by atoms with E-state index in [-0.39, 0.29) is 0 Å². The van der Waals surface area contributed by atoms with E-state index in [0.29, 0.717) is 17.2 Å². The van der Waals surface area contributed by atoms with Gasteiger partial charge in [-0.05, 0) is 25.0 Å². The van der Waals surface area contributed by atoms with Gasteiger partial charge in [0.15, 0.2) is 5.96 Å². The van der Waals surface area contributed by atoms with E-state index in [1.165, 1.54) is 25.9 Å². The number of guanidine groups is 1. The first-order chi connectivity index (χ1) is 9.13. The number of hydrogen-bond acceptors (Lipinski definition) is 3. The highest BCUT2D eigenvalue weighted by molar-refractivity contribution is 7.99. The number of likely N-dealkylation sites (tertiary alicyclic amines) is 1. The first-order valence-corrected chi connectivity index (χ1v) is 8.66. The second-order valence-corrected chi connectivity index (χ2v) is 7.19. The molecule has 0 spiro atoms. The lowest BCUT2D eigenvalue weighted by Crippen LogP contribution is -2.47. The van der Waals surface area contributed by atoms with Crippen LogP contribution in [0.25, 0.3) is 0 Å². The average Bonchev–Trinajstić information content (AvgIpc) is 3.19. The highest BCUT2D eigenvalue weighted by Gasteiger charge is 2.38. The Morgan fingerprint density at radius 1 is 1.42 bits per heavy atom. The summed E-state index contributed by atoms with van der Waals surface area (Å²) in [5.41, 5.74) is 0. The Labute approximate surface area is 121 Å². The maximum Gasteiger partial charge on any atom is 0.191 e. The minimum atomic E-state index is 0.538.